The number of alkyl halides is 1. The zero-order valence-corrected chi connectivity index (χ0v) is 11.9. The Bertz CT molecular complexity index is 621. The third kappa shape index (κ3) is 2.22. The quantitative estimate of drug-likeness (QED) is 0.781. The van der Waals surface area contributed by atoms with Gasteiger partial charge in [0.05, 0.1) is 34.1 Å². The molecule has 0 saturated carbocycles. The molecule has 2 aromatic rings. The van der Waals surface area contributed by atoms with E-state index in [1.54, 1.807) is 6.07 Å². The Hall–Kier alpha value is -0.840. The molecule has 1 saturated heterocycles. The minimum absolute atomic E-state index is 0.0774. The smallest absolute Gasteiger partial charge is 0.144 e. The van der Waals surface area contributed by atoms with E-state index in [0.29, 0.717) is 18.7 Å². The molecule has 1 fully saturated rings. The third-order valence-electron chi connectivity index (χ3n) is 3.39. The zero-order valence-electron chi connectivity index (χ0n) is 10.4. The van der Waals surface area contributed by atoms with Crippen molar-refractivity contribution in [3.8, 4) is 0 Å². The molecule has 6 heteroatoms. The first kappa shape index (κ1) is 13.2. The van der Waals surface area contributed by atoms with E-state index in [0.717, 1.165) is 17.8 Å². The second-order valence-electron chi connectivity index (χ2n) is 4.73. The second kappa shape index (κ2) is 4.93. The number of imidazole rings is 1. The van der Waals surface area contributed by atoms with Crippen LogP contribution in [0.1, 0.15) is 30.6 Å². The molecule has 0 spiro atoms. The molecule has 1 aliphatic rings. The van der Waals surface area contributed by atoms with Crippen molar-refractivity contribution >= 4 is 34.2 Å². The number of halogens is 3. The van der Waals surface area contributed by atoms with Gasteiger partial charge in [-0.25, -0.2) is 9.37 Å². The Morgan fingerprint density at radius 2 is 2.32 bits per heavy atom. The molecule has 0 bridgehead atoms. The van der Waals surface area contributed by atoms with Crippen LogP contribution in [0.4, 0.5) is 4.39 Å². The van der Waals surface area contributed by atoms with Crippen molar-refractivity contribution in [2.75, 3.05) is 13.2 Å². The molecular formula is C13H13Cl2FN2O. The number of aromatic nitrogens is 2. The first-order valence-electron chi connectivity index (χ1n) is 6.16. The highest BCUT2D eigenvalue weighted by Crippen LogP contribution is 2.33. The molecule has 102 valence electrons. The normalized spacial score (nSPS) is 21.2. The molecular weight excluding hydrogens is 290 g/mol. The van der Waals surface area contributed by atoms with Gasteiger partial charge in [0.15, 0.2) is 0 Å². The molecule has 1 aromatic heterocycles. The lowest BCUT2D eigenvalue weighted by Gasteiger charge is -2.16. The van der Waals surface area contributed by atoms with Crippen LogP contribution < -0.4 is 0 Å². The van der Waals surface area contributed by atoms with Gasteiger partial charge < -0.3 is 9.30 Å². The summed E-state index contributed by atoms with van der Waals surface area (Å²) >= 11 is 12.0. The molecule has 1 aliphatic heterocycles. The number of nitrogens with zero attached hydrogens (tertiary/aromatic N) is 2. The maximum absolute atomic E-state index is 13.7. The summed E-state index contributed by atoms with van der Waals surface area (Å²) in [7, 11) is 0. The number of ether oxygens (including phenoxy) is 1. The Morgan fingerprint density at radius 1 is 1.53 bits per heavy atom. The SMILES string of the molecule is CC(Cl)c1nc2cc(Cl)c(F)cc2n1C1CCOC1. The number of fused-ring (bicyclic) bond motifs is 1. The molecule has 0 amide bonds. The van der Waals surface area contributed by atoms with E-state index in [9.17, 15) is 4.39 Å². The summed E-state index contributed by atoms with van der Waals surface area (Å²) in [6.07, 6.45) is 0.881. The second-order valence-corrected chi connectivity index (χ2v) is 5.79. The van der Waals surface area contributed by atoms with Gasteiger partial charge in [-0.2, -0.15) is 0 Å². The van der Waals surface area contributed by atoms with Crippen molar-refractivity contribution in [1.82, 2.24) is 9.55 Å². The van der Waals surface area contributed by atoms with Gasteiger partial charge in [-0.05, 0) is 19.4 Å². The van der Waals surface area contributed by atoms with Crippen molar-refractivity contribution in [2.45, 2.75) is 24.8 Å². The summed E-state index contributed by atoms with van der Waals surface area (Å²) in [5.74, 6) is 0.289. The number of hydrogen-bond donors (Lipinski definition) is 0. The van der Waals surface area contributed by atoms with E-state index >= 15 is 0 Å². The Kier molecular flexibility index (Phi) is 3.41. The number of benzene rings is 1. The largest absolute Gasteiger partial charge is 0.379 e. The molecule has 3 rings (SSSR count). The van der Waals surface area contributed by atoms with Gasteiger partial charge in [0.25, 0.3) is 0 Å². The third-order valence-corrected chi connectivity index (χ3v) is 3.87. The van der Waals surface area contributed by atoms with Gasteiger partial charge in [0.2, 0.25) is 0 Å². The lowest BCUT2D eigenvalue weighted by molar-refractivity contribution is 0.186. The first-order chi connectivity index (χ1) is 9.08. The molecule has 2 heterocycles. The lowest BCUT2D eigenvalue weighted by atomic mass is 10.2. The Balaban J connectivity index is 2.25. The van der Waals surface area contributed by atoms with Gasteiger partial charge in [0.1, 0.15) is 11.6 Å². The number of hydrogen-bond acceptors (Lipinski definition) is 2. The highest BCUT2D eigenvalue weighted by atomic mass is 35.5. The van der Waals surface area contributed by atoms with Crippen LogP contribution in [-0.2, 0) is 4.74 Å². The van der Waals surface area contributed by atoms with Crippen molar-refractivity contribution in [3.05, 3.63) is 28.8 Å². The predicted octanol–water partition coefficient (Wildman–Crippen LogP) is 4.09. The van der Waals surface area contributed by atoms with Crippen LogP contribution in [0.2, 0.25) is 5.02 Å². The molecule has 1 aromatic carbocycles. The zero-order chi connectivity index (χ0) is 13.6. The summed E-state index contributed by atoms with van der Waals surface area (Å²) in [4.78, 5) is 4.48. The van der Waals surface area contributed by atoms with E-state index in [1.165, 1.54) is 6.07 Å². The molecule has 0 radical (unpaired) electrons. The van der Waals surface area contributed by atoms with Crippen LogP contribution in [0.15, 0.2) is 12.1 Å². The maximum atomic E-state index is 13.7. The van der Waals surface area contributed by atoms with E-state index in [2.05, 4.69) is 4.98 Å². The average molecular weight is 303 g/mol. The molecule has 3 nitrogen and oxygen atoms in total. The standard InChI is InChI=1S/C13H13Cl2FN2O/c1-7(14)13-17-11-4-9(15)10(16)5-12(11)18(13)8-2-3-19-6-8/h4-5,7-8H,2-3,6H2,1H3. The van der Waals surface area contributed by atoms with Crippen molar-refractivity contribution in [3.63, 3.8) is 0 Å². The molecule has 2 atom stereocenters. The molecule has 2 unspecified atom stereocenters. The highest BCUT2D eigenvalue weighted by Gasteiger charge is 2.25. The van der Waals surface area contributed by atoms with Crippen molar-refractivity contribution in [1.29, 1.82) is 0 Å². The van der Waals surface area contributed by atoms with Crippen LogP contribution in [0.25, 0.3) is 11.0 Å². The molecule has 19 heavy (non-hydrogen) atoms. The van der Waals surface area contributed by atoms with Gasteiger partial charge in [-0.1, -0.05) is 11.6 Å². The summed E-state index contributed by atoms with van der Waals surface area (Å²) in [5.41, 5.74) is 1.39. The molecule has 0 aliphatic carbocycles. The summed E-state index contributed by atoms with van der Waals surface area (Å²) in [6.45, 7) is 3.16. The van der Waals surface area contributed by atoms with E-state index in [4.69, 9.17) is 27.9 Å². The Morgan fingerprint density at radius 3 is 2.95 bits per heavy atom. The van der Waals surface area contributed by atoms with Gasteiger partial charge in [-0.3, -0.25) is 0 Å². The monoisotopic (exact) mass is 302 g/mol. The fraction of sp³-hybridized carbons (Fsp3) is 0.462. The first-order valence-corrected chi connectivity index (χ1v) is 6.98. The minimum atomic E-state index is -0.442. The van der Waals surface area contributed by atoms with E-state index in [-0.39, 0.29) is 16.4 Å². The summed E-state index contributed by atoms with van der Waals surface area (Å²) in [5, 5.41) is -0.177. The highest BCUT2D eigenvalue weighted by molar-refractivity contribution is 6.31. The molecule has 0 N–H and O–H groups in total. The van der Waals surface area contributed by atoms with Gasteiger partial charge in [0, 0.05) is 12.7 Å². The average Bonchev–Trinajstić information content (AvgIpc) is 2.96. The summed E-state index contributed by atoms with van der Waals surface area (Å²) < 4.78 is 21.1. The van der Waals surface area contributed by atoms with E-state index in [1.807, 2.05) is 11.5 Å². The summed E-state index contributed by atoms with van der Waals surface area (Å²) in [6, 6.07) is 3.12. The van der Waals surface area contributed by atoms with Crippen molar-refractivity contribution < 1.29 is 9.13 Å². The van der Waals surface area contributed by atoms with Gasteiger partial charge in [-0.15, -0.1) is 11.6 Å². The Labute approximate surface area is 120 Å². The van der Waals surface area contributed by atoms with Crippen LogP contribution in [0, 0.1) is 5.82 Å². The van der Waals surface area contributed by atoms with Crippen molar-refractivity contribution in [2.24, 2.45) is 0 Å². The predicted molar refractivity (Wildman–Crippen MR) is 73.4 cm³/mol. The van der Waals surface area contributed by atoms with Crippen LogP contribution in [-0.4, -0.2) is 22.8 Å². The minimum Gasteiger partial charge on any atom is -0.379 e. The lowest BCUT2D eigenvalue weighted by Crippen LogP contribution is -2.12. The van der Waals surface area contributed by atoms with E-state index < -0.39 is 5.82 Å². The topological polar surface area (TPSA) is 27.1 Å². The fourth-order valence-electron chi connectivity index (χ4n) is 2.50. The van der Waals surface area contributed by atoms with Crippen LogP contribution in [0.3, 0.4) is 0 Å². The van der Waals surface area contributed by atoms with Crippen LogP contribution >= 0.6 is 23.2 Å². The van der Waals surface area contributed by atoms with Gasteiger partial charge >= 0.3 is 0 Å². The fourth-order valence-corrected chi connectivity index (χ4v) is 2.81. The van der Waals surface area contributed by atoms with Crippen LogP contribution in [0.5, 0.6) is 0 Å². The maximum Gasteiger partial charge on any atom is 0.144 e. The number of rotatable bonds is 2.